The summed E-state index contributed by atoms with van der Waals surface area (Å²) in [5.41, 5.74) is 0.886. The SMILES string of the molecule is C[C@@H](O)c1ccc(OCc2nnc3n2CCCC3)cc1. The van der Waals surface area contributed by atoms with Gasteiger partial charge in [0.25, 0.3) is 0 Å². The summed E-state index contributed by atoms with van der Waals surface area (Å²) >= 11 is 0. The average Bonchev–Trinajstić information content (AvgIpc) is 2.89. The third-order valence-electron chi connectivity index (χ3n) is 3.67. The molecule has 0 fully saturated rings. The van der Waals surface area contributed by atoms with Gasteiger partial charge in [-0.05, 0) is 37.5 Å². The molecule has 0 radical (unpaired) electrons. The van der Waals surface area contributed by atoms with Gasteiger partial charge >= 0.3 is 0 Å². The molecule has 0 saturated carbocycles. The van der Waals surface area contributed by atoms with E-state index in [4.69, 9.17) is 4.74 Å². The van der Waals surface area contributed by atoms with Crippen LogP contribution in [0.5, 0.6) is 5.75 Å². The van der Waals surface area contributed by atoms with E-state index in [2.05, 4.69) is 14.8 Å². The lowest BCUT2D eigenvalue weighted by molar-refractivity contribution is 0.199. The first-order valence-electron chi connectivity index (χ1n) is 7.06. The number of ether oxygens (including phenoxy) is 1. The minimum Gasteiger partial charge on any atom is -0.486 e. The van der Waals surface area contributed by atoms with Crippen LogP contribution in [0.4, 0.5) is 0 Å². The predicted octanol–water partition coefficient (Wildman–Crippen LogP) is 2.25. The number of hydrogen-bond acceptors (Lipinski definition) is 4. The van der Waals surface area contributed by atoms with Gasteiger partial charge in [-0.15, -0.1) is 10.2 Å². The van der Waals surface area contributed by atoms with Gasteiger partial charge in [0.15, 0.2) is 5.82 Å². The summed E-state index contributed by atoms with van der Waals surface area (Å²) in [6.45, 7) is 3.17. The molecule has 0 unspecified atom stereocenters. The van der Waals surface area contributed by atoms with Crippen molar-refractivity contribution in [2.75, 3.05) is 0 Å². The molecule has 0 amide bonds. The molecule has 3 rings (SSSR count). The Morgan fingerprint density at radius 1 is 1.25 bits per heavy atom. The molecule has 0 aliphatic carbocycles. The van der Waals surface area contributed by atoms with Gasteiger partial charge in [0.05, 0.1) is 6.10 Å². The Balaban J connectivity index is 1.66. The van der Waals surface area contributed by atoms with Crippen molar-refractivity contribution in [3.8, 4) is 5.75 Å². The van der Waals surface area contributed by atoms with Gasteiger partial charge in [-0.2, -0.15) is 0 Å². The third-order valence-corrected chi connectivity index (χ3v) is 3.67. The van der Waals surface area contributed by atoms with Crippen LogP contribution in [0.2, 0.25) is 0 Å². The smallest absolute Gasteiger partial charge is 0.171 e. The van der Waals surface area contributed by atoms with E-state index in [1.165, 1.54) is 12.8 Å². The van der Waals surface area contributed by atoms with Crippen LogP contribution in [-0.4, -0.2) is 19.9 Å². The number of aryl methyl sites for hydroxylation is 1. The molecule has 106 valence electrons. The van der Waals surface area contributed by atoms with Crippen LogP contribution in [0.25, 0.3) is 0 Å². The Morgan fingerprint density at radius 2 is 2.05 bits per heavy atom. The summed E-state index contributed by atoms with van der Waals surface area (Å²) in [7, 11) is 0. The van der Waals surface area contributed by atoms with Crippen LogP contribution in [0.3, 0.4) is 0 Å². The zero-order valence-electron chi connectivity index (χ0n) is 11.6. The maximum atomic E-state index is 9.46. The largest absolute Gasteiger partial charge is 0.486 e. The molecular weight excluding hydrogens is 254 g/mol. The molecule has 1 N–H and O–H groups in total. The maximum absolute atomic E-state index is 9.46. The fourth-order valence-corrected chi connectivity index (χ4v) is 2.47. The Labute approximate surface area is 118 Å². The molecule has 1 atom stereocenters. The zero-order valence-corrected chi connectivity index (χ0v) is 11.6. The van der Waals surface area contributed by atoms with Crippen molar-refractivity contribution in [1.82, 2.24) is 14.8 Å². The predicted molar refractivity (Wildman–Crippen MR) is 74.4 cm³/mol. The lowest BCUT2D eigenvalue weighted by atomic mass is 10.1. The summed E-state index contributed by atoms with van der Waals surface area (Å²) in [4.78, 5) is 0. The van der Waals surface area contributed by atoms with E-state index in [1.54, 1.807) is 6.92 Å². The molecule has 1 aromatic carbocycles. The number of aliphatic hydroxyl groups is 1. The molecule has 0 spiro atoms. The highest BCUT2D eigenvalue weighted by Crippen LogP contribution is 2.19. The van der Waals surface area contributed by atoms with Gasteiger partial charge < -0.3 is 14.4 Å². The average molecular weight is 273 g/mol. The highest BCUT2D eigenvalue weighted by molar-refractivity contribution is 5.28. The normalized spacial score (nSPS) is 15.7. The summed E-state index contributed by atoms with van der Waals surface area (Å²) in [6.07, 6.45) is 2.93. The molecule has 0 bridgehead atoms. The van der Waals surface area contributed by atoms with E-state index < -0.39 is 6.10 Å². The van der Waals surface area contributed by atoms with Gasteiger partial charge in [-0.3, -0.25) is 0 Å². The number of rotatable bonds is 4. The highest BCUT2D eigenvalue weighted by atomic mass is 16.5. The minimum absolute atomic E-state index is 0.432. The number of aromatic nitrogens is 3. The Hall–Kier alpha value is -1.88. The standard InChI is InChI=1S/C15H19N3O2/c1-11(19)12-5-7-13(8-6-12)20-10-15-17-16-14-4-2-3-9-18(14)15/h5-8,11,19H,2-4,9-10H2,1H3/t11-/m1/s1. The van der Waals surface area contributed by atoms with Crippen molar-refractivity contribution < 1.29 is 9.84 Å². The van der Waals surface area contributed by atoms with Gasteiger partial charge in [-0.1, -0.05) is 12.1 Å². The Morgan fingerprint density at radius 3 is 2.80 bits per heavy atom. The molecular formula is C15H19N3O2. The lowest BCUT2D eigenvalue weighted by Gasteiger charge is -2.15. The van der Waals surface area contributed by atoms with Crippen LogP contribution in [0.1, 0.15) is 43.1 Å². The number of fused-ring (bicyclic) bond motifs is 1. The summed E-state index contributed by atoms with van der Waals surface area (Å²) < 4.78 is 7.91. The quantitative estimate of drug-likeness (QED) is 0.928. The van der Waals surface area contributed by atoms with Crippen molar-refractivity contribution in [2.24, 2.45) is 0 Å². The van der Waals surface area contributed by atoms with E-state index in [1.807, 2.05) is 24.3 Å². The number of aliphatic hydroxyl groups excluding tert-OH is 1. The van der Waals surface area contributed by atoms with Crippen molar-refractivity contribution >= 4 is 0 Å². The molecule has 2 aromatic rings. The monoisotopic (exact) mass is 273 g/mol. The van der Waals surface area contributed by atoms with Gasteiger partial charge in [-0.25, -0.2) is 0 Å². The highest BCUT2D eigenvalue weighted by Gasteiger charge is 2.15. The van der Waals surface area contributed by atoms with Crippen LogP contribution in [0, 0.1) is 0 Å². The van der Waals surface area contributed by atoms with Gasteiger partial charge in [0.1, 0.15) is 18.2 Å². The number of hydrogen-bond donors (Lipinski definition) is 1. The van der Waals surface area contributed by atoms with Crippen LogP contribution in [0.15, 0.2) is 24.3 Å². The molecule has 1 aromatic heterocycles. The molecule has 20 heavy (non-hydrogen) atoms. The fraction of sp³-hybridized carbons (Fsp3) is 0.467. The van der Waals surface area contributed by atoms with Crippen LogP contribution < -0.4 is 4.74 Å². The fourth-order valence-electron chi connectivity index (χ4n) is 2.47. The van der Waals surface area contributed by atoms with E-state index in [0.29, 0.717) is 6.61 Å². The first-order valence-corrected chi connectivity index (χ1v) is 7.06. The van der Waals surface area contributed by atoms with Gasteiger partial charge in [0.2, 0.25) is 0 Å². The molecule has 5 heteroatoms. The minimum atomic E-state index is -0.451. The second kappa shape index (κ2) is 5.63. The Bertz CT molecular complexity index is 575. The first-order chi connectivity index (χ1) is 9.74. The van der Waals surface area contributed by atoms with E-state index in [-0.39, 0.29) is 0 Å². The second-order valence-corrected chi connectivity index (χ2v) is 5.17. The molecule has 1 aliphatic rings. The summed E-state index contributed by atoms with van der Waals surface area (Å²) in [5, 5.41) is 17.9. The zero-order chi connectivity index (χ0) is 13.9. The summed E-state index contributed by atoms with van der Waals surface area (Å²) in [6, 6.07) is 7.49. The van der Waals surface area contributed by atoms with Gasteiger partial charge in [0, 0.05) is 13.0 Å². The van der Waals surface area contributed by atoms with Crippen molar-refractivity contribution in [3.05, 3.63) is 41.5 Å². The van der Waals surface area contributed by atoms with Crippen molar-refractivity contribution in [2.45, 2.75) is 45.4 Å². The summed E-state index contributed by atoms with van der Waals surface area (Å²) in [5.74, 6) is 2.74. The van der Waals surface area contributed by atoms with E-state index in [9.17, 15) is 5.11 Å². The molecule has 2 heterocycles. The van der Waals surface area contributed by atoms with Crippen molar-refractivity contribution in [1.29, 1.82) is 0 Å². The van der Waals surface area contributed by atoms with Crippen LogP contribution >= 0.6 is 0 Å². The Kier molecular flexibility index (Phi) is 3.69. The number of nitrogens with zero attached hydrogens (tertiary/aromatic N) is 3. The molecule has 5 nitrogen and oxygen atoms in total. The number of benzene rings is 1. The van der Waals surface area contributed by atoms with E-state index >= 15 is 0 Å². The molecule has 1 aliphatic heterocycles. The third kappa shape index (κ3) is 2.67. The molecule has 0 saturated heterocycles. The van der Waals surface area contributed by atoms with Crippen LogP contribution in [-0.2, 0) is 19.6 Å². The van der Waals surface area contributed by atoms with Crippen molar-refractivity contribution in [3.63, 3.8) is 0 Å². The lowest BCUT2D eigenvalue weighted by Crippen LogP contribution is -2.14. The van der Waals surface area contributed by atoms with E-state index in [0.717, 1.165) is 35.9 Å². The maximum Gasteiger partial charge on any atom is 0.171 e. The first kappa shape index (κ1) is 13.1. The topological polar surface area (TPSA) is 60.2 Å². The second-order valence-electron chi connectivity index (χ2n) is 5.17.